The zero-order valence-electron chi connectivity index (χ0n) is 29.7. The third-order valence-corrected chi connectivity index (χ3v) is 14.9. The quantitative estimate of drug-likeness (QED) is 0.263. The smallest absolute Gasteiger partial charge is 0.262 e. The summed E-state index contributed by atoms with van der Waals surface area (Å²) in [6.07, 6.45) is 6.74. The van der Waals surface area contributed by atoms with E-state index in [1.807, 2.05) is 50.2 Å². The average Bonchev–Trinajstić information content (AvgIpc) is 3.25. The van der Waals surface area contributed by atoms with E-state index in [-0.39, 0.29) is 35.7 Å². The third kappa shape index (κ3) is 6.89. The summed E-state index contributed by atoms with van der Waals surface area (Å²) in [5, 5.41) is 15.0. The van der Waals surface area contributed by atoms with E-state index in [0.717, 1.165) is 42.8 Å². The Bertz CT molecular complexity index is 1900. The molecule has 3 aromatic rings. The van der Waals surface area contributed by atoms with Crippen LogP contribution in [-0.4, -0.2) is 64.1 Å². The number of carbonyl (C=O) groups is 2. The Morgan fingerprint density at radius 2 is 1.88 bits per heavy atom. The number of amides is 2. The van der Waals surface area contributed by atoms with Crippen molar-refractivity contribution in [3.8, 4) is 5.75 Å². The number of hydrogen-bond donors (Lipinski definition) is 3. The van der Waals surface area contributed by atoms with Gasteiger partial charge in [0.1, 0.15) is 5.75 Å². The molecular weight excluding hydrogens is 682 g/mol. The number of hydrogen-bond acceptors (Lipinski definition) is 6. The van der Waals surface area contributed by atoms with Crippen LogP contribution in [0.4, 0.5) is 5.69 Å². The molecule has 4 aliphatic rings. The average molecular weight is 732 g/mol. The van der Waals surface area contributed by atoms with Gasteiger partial charge in [-0.2, -0.15) is 0 Å². The molecule has 51 heavy (non-hydrogen) atoms. The number of ether oxygens (including phenoxy) is 1. The number of aliphatic hydroxyl groups excluding tert-OH is 1. The van der Waals surface area contributed by atoms with E-state index in [9.17, 15) is 18.9 Å². The Hall–Kier alpha value is -3.53. The first kappa shape index (κ1) is 35.9. The first-order chi connectivity index (χ1) is 24.4. The van der Waals surface area contributed by atoms with Crippen LogP contribution in [0, 0.1) is 17.8 Å². The van der Waals surface area contributed by atoms with Crippen LogP contribution in [0.3, 0.4) is 0 Å². The van der Waals surface area contributed by atoms with Crippen molar-refractivity contribution in [3.05, 3.63) is 94.0 Å². The number of benzene rings is 3. The topological polar surface area (TPSA) is 108 Å². The monoisotopic (exact) mass is 731 g/mol. The molecule has 2 aliphatic carbocycles. The minimum absolute atomic E-state index is 0.0259. The van der Waals surface area contributed by atoms with Gasteiger partial charge in [0.2, 0.25) is 0 Å². The number of carbonyl (C=O) groups excluding carboxylic acids is 2. The predicted molar refractivity (Wildman–Crippen MR) is 205 cm³/mol. The lowest BCUT2D eigenvalue weighted by molar-refractivity contribution is 0.00724. The van der Waals surface area contributed by atoms with Gasteiger partial charge >= 0.3 is 0 Å². The standard InChI is InChI=1S/C41H50ClN3O5S/c1-27-9-7-20-41(25-46,43-38(47)29-10-5-4-6-11-29)35-16-13-32(35)23-45-24-40(19-8-12-30-21-33(42)15-17-34(30)40)26-50-37-18-14-31(22-36(37)45)39(48)44-51(3,49)28(27)2/h4-6,10-11,14-15,17-18,21-22,27-28,32,35,46H,3,7-9,12-13,16,19-20,23-26H2,1-2H3,(H,43,47)(H,44,48,49)/t27-,28+,32-,35+,40-,41-,51?/m0/s1. The molecule has 1 unspecified atom stereocenters. The summed E-state index contributed by atoms with van der Waals surface area (Å²) >= 11 is 6.48. The molecule has 3 aromatic carbocycles. The van der Waals surface area contributed by atoms with Crippen LogP contribution < -0.4 is 19.7 Å². The van der Waals surface area contributed by atoms with Crippen LogP contribution in [0.5, 0.6) is 5.75 Å². The van der Waals surface area contributed by atoms with Crippen molar-refractivity contribution in [2.75, 3.05) is 31.2 Å². The van der Waals surface area contributed by atoms with Gasteiger partial charge in [0.15, 0.2) is 0 Å². The number of nitrogens with one attached hydrogen (secondary N) is 2. The van der Waals surface area contributed by atoms with Gasteiger partial charge in [0.25, 0.3) is 11.8 Å². The normalized spacial score (nSPS) is 32.3. The van der Waals surface area contributed by atoms with E-state index in [1.165, 1.54) is 11.1 Å². The molecular formula is C41H50ClN3O5S. The van der Waals surface area contributed by atoms with Gasteiger partial charge < -0.3 is 20.1 Å². The summed E-state index contributed by atoms with van der Waals surface area (Å²) in [7, 11) is -3.01. The van der Waals surface area contributed by atoms with Crippen molar-refractivity contribution < 1.29 is 23.6 Å². The number of aliphatic hydroxyl groups is 1. The molecule has 272 valence electrons. The van der Waals surface area contributed by atoms with Gasteiger partial charge in [-0.3, -0.25) is 14.3 Å². The van der Waals surface area contributed by atoms with Crippen molar-refractivity contribution >= 4 is 44.7 Å². The fraction of sp³-hybridized carbons (Fsp3) is 0.488. The van der Waals surface area contributed by atoms with Gasteiger partial charge in [-0.15, -0.1) is 0 Å². The zero-order chi connectivity index (χ0) is 36.0. The number of rotatable bonds is 3. The van der Waals surface area contributed by atoms with Crippen LogP contribution in [0.1, 0.15) is 90.6 Å². The highest BCUT2D eigenvalue weighted by Gasteiger charge is 2.50. The Morgan fingerprint density at radius 3 is 2.63 bits per heavy atom. The molecule has 1 saturated carbocycles. The second kappa shape index (κ2) is 14.1. The summed E-state index contributed by atoms with van der Waals surface area (Å²) < 4.78 is 23.4. The molecule has 2 aliphatic heterocycles. The van der Waals surface area contributed by atoms with Crippen molar-refractivity contribution in [2.24, 2.45) is 17.8 Å². The SMILES string of the molecule is C=S1(=O)NC(=O)c2ccc3c(c2)N(C[C@@H]2CC[C@H]2[C@](CO)(NC(=O)c2ccccc2)CCC[C@H](C)[C@H]1C)C[C@@]1(CCCc2cc(Cl)ccc21)CO3. The first-order valence-electron chi connectivity index (χ1n) is 18.4. The molecule has 0 aromatic heterocycles. The van der Waals surface area contributed by atoms with Crippen LogP contribution >= 0.6 is 11.6 Å². The summed E-state index contributed by atoms with van der Waals surface area (Å²) in [6.45, 7) is 5.56. The minimum Gasteiger partial charge on any atom is -0.490 e. The van der Waals surface area contributed by atoms with E-state index in [0.29, 0.717) is 55.8 Å². The summed E-state index contributed by atoms with van der Waals surface area (Å²) in [6, 6.07) is 20.9. The molecule has 0 saturated heterocycles. The Balaban J connectivity index is 1.31. The zero-order valence-corrected chi connectivity index (χ0v) is 31.2. The second-order valence-corrected chi connectivity index (χ2v) is 18.4. The molecule has 8 nitrogen and oxygen atoms in total. The highest BCUT2D eigenvalue weighted by atomic mass is 35.5. The molecule has 2 amide bonds. The van der Waals surface area contributed by atoms with Gasteiger partial charge in [-0.1, -0.05) is 49.2 Å². The predicted octanol–water partition coefficient (Wildman–Crippen LogP) is 6.57. The lowest BCUT2D eigenvalue weighted by Gasteiger charge is -2.52. The Kier molecular flexibility index (Phi) is 9.93. The van der Waals surface area contributed by atoms with Crippen molar-refractivity contribution in [3.63, 3.8) is 0 Å². The Labute approximate surface area is 307 Å². The second-order valence-electron chi connectivity index (χ2n) is 15.6. The maximum absolute atomic E-state index is 14.0. The summed E-state index contributed by atoms with van der Waals surface area (Å²) in [5.74, 6) is 4.29. The van der Waals surface area contributed by atoms with Gasteiger partial charge in [-0.05, 0) is 129 Å². The maximum atomic E-state index is 14.0. The number of anilines is 1. The van der Waals surface area contributed by atoms with Gasteiger partial charge in [0.05, 0.1) is 34.1 Å². The maximum Gasteiger partial charge on any atom is 0.262 e. The van der Waals surface area contributed by atoms with E-state index in [4.69, 9.17) is 16.3 Å². The highest BCUT2D eigenvalue weighted by molar-refractivity contribution is 7.99. The number of halogens is 1. The molecule has 3 N–H and O–H groups in total. The summed E-state index contributed by atoms with van der Waals surface area (Å²) in [5.41, 5.74) is 3.14. The summed E-state index contributed by atoms with van der Waals surface area (Å²) in [4.78, 5) is 29.9. The molecule has 7 rings (SSSR count). The molecule has 2 bridgehead atoms. The number of aryl methyl sites for hydroxylation is 1. The molecule has 2 heterocycles. The van der Waals surface area contributed by atoms with Crippen LogP contribution in [0.15, 0.2) is 66.7 Å². The minimum atomic E-state index is -3.01. The molecule has 10 heteroatoms. The molecule has 1 spiro atoms. The van der Waals surface area contributed by atoms with Gasteiger partial charge in [-0.25, -0.2) is 4.21 Å². The Morgan fingerprint density at radius 1 is 1.08 bits per heavy atom. The number of nitrogens with zero attached hydrogens (tertiary/aromatic N) is 1. The molecule has 1 fully saturated rings. The largest absolute Gasteiger partial charge is 0.490 e. The third-order valence-electron chi connectivity index (χ3n) is 12.5. The molecule has 0 radical (unpaired) electrons. The van der Waals surface area contributed by atoms with E-state index in [1.54, 1.807) is 18.2 Å². The van der Waals surface area contributed by atoms with E-state index in [2.05, 4.69) is 32.9 Å². The fourth-order valence-corrected chi connectivity index (χ4v) is 10.9. The van der Waals surface area contributed by atoms with E-state index >= 15 is 0 Å². The van der Waals surface area contributed by atoms with Gasteiger partial charge in [0, 0.05) is 39.9 Å². The van der Waals surface area contributed by atoms with Crippen molar-refractivity contribution in [1.82, 2.24) is 10.0 Å². The lowest BCUT2D eigenvalue weighted by atomic mass is 9.61. The highest BCUT2D eigenvalue weighted by Crippen LogP contribution is 2.49. The van der Waals surface area contributed by atoms with Crippen LogP contribution in [0.25, 0.3) is 0 Å². The van der Waals surface area contributed by atoms with Crippen LogP contribution in [-0.2, 0) is 21.5 Å². The fourth-order valence-electron chi connectivity index (χ4n) is 9.18. The van der Waals surface area contributed by atoms with Crippen molar-refractivity contribution in [1.29, 1.82) is 0 Å². The van der Waals surface area contributed by atoms with Crippen LogP contribution in [0.2, 0.25) is 5.02 Å². The van der Waals surface area contributed by atoms with Crippen molar-refractivity contribution in [2.45, 2.75) is 81.4 Å². The molecule has 7 atom stereocenters. The van der Waals surface area contributed by atoms with E-state index < -0.39 is 26.4 Å². The lowest BCUT2D eigenvalue weighted by Crippen LogP contribution is -2.62. The first-order valence-corrected chi connectivity index (χ1v) is 20.6. The number of fused-ring (bicyclic) bond motifs is 4.